The maximum absolute atomic E-state index is 11.8. The molecule has 3 heteroatoms. The summed E-state index contributed by atoms with van der Waals surface area (Å²) in [6.45, 7) is 9.76. The molecular formula is C10H17ClO2. The number of rotatable bonds is 2. The fourth-order valence-corrected chi connectivity index (χ4v) is 2.27. The van der Waals surface area contributed by atoms with Crippen molar-refractivity contribution in [3.63, 3.8) is 0 Å². The van der Waals surface area contributed by atoms with Crippen LogP contribution < -0.4 is 0 Å². The summed E-state index contributed by atoms with van der Waals surface area (Å²) >= 11 is 6.33. The van der Waals surface area contributed by atoms with Gasteiger partial charge in [-0.15, -0.1) is 11.6 Å². The molecular weight excluding hydrogens is 188 g/mol. The molecule has 0 aromatic heterocycles. The van der Waals surface area contributed by atoms with E-state index in [1.54, 1.807) is 6.92 Å². The Labute approximate surface area is 84.6 Å². The number of carbonyl (C=O) groups excluding carboxylic acids is 1. The van der Waals surface area contributed by atoms with E-state index in [4.69, 9.17) is 16.3 Å². The van der Waals surface area contributed by atoms with E-state index in [1.165, 1.54) is 0 Å². The van der Waals surface area contributed by atoms with E-state index in [1.807, 2.05) is 27.7 Å². The predicted molar refractivity (Wildman–Crippen MR) is 53.1 cm³/mol. The molecule has 13 heavy (non-hydrogen) atoms. The Morgan fingerprint density at radius 1 is 1.31 bits per heavy atom. The highest BCUT2D eigenvalue weighted by Gasteiger charge is 2.72. The molecule has 0 heterocycles. The van der Waals surface area contributed by atoms with Crippen LogP contribution in [-0.4, -0.2) is 22.9 Å². The quantitative estimate of drug-likeness (QED) is 0.646. The van der Waals surface area contributed by atoms with Crippen LogP contribution in [0.15, 0.2) is 0 Å². The Bertz CT molecular complexity index is 245. The molecule has 0 aliphatic heterocycles. The lowest BCUT2D eigenvalue weighted by Gasteiger charge is -2.60. The highest BCUT2D eigenvalue weighted by Crippen LogP contribution is 2.58. The standard InChI is InChI=1S/C10H17ClO2/c1-6-13-9(4)7(12)8(2,3)10(9,5)11/h6H2,1-5H3/t9-,10-/m1/s1. The molecule has 1 saturated carbocycles. The first-order valence-corrected chi connectivity index (χ1v) is 4.97. The Morgan fingerprint density at radius 2 is 1.77 bits per heavy atom. The number of hydrogen-bond donors (Lipinski definition) is 0. The third-order valence-electron chi connectivity index (χ3n) is 3.50. The van der Waals surface area contributed by atoms with Crippen LogP contribution in [0, 0.1) is 5.41 Å². The van der Waals surface area contributed by atoms with Gasteiger partial charge in [0.2, 0.25) is 0 Å². The van der Waals surface area contributed by atoms with Crippen molar-refractivity contribution in [2.45, 2.75) is 45.1 Å². The van der Waals surface area contributed by atoms with Crippen molar-refractivity contribution in [2.75, 3.05) is 6.61 Å². The van der Waals surface area contributed by atoms with E-state index in [2.05, 4.69) is 0 Å². The van der Waals surface area contributed by atoms with Crippen molar-refractivity contribution in [1.82, 2.24) is 0 Å². The van der Waals surface area contributed by atoms with Crippen molar-refractivity contribution in [2.24, 2.45) is 5.41 Å². The van der Waals surface area contributed by atoms with Gasteiger partial charge in [0.1, 0.15) is 5.60 Å². The van der Waals surface area contributed by atoms with Crippen molar-refractivity contribution >= 4 is 17.4 Å². The molecule has 0 radical (unpaired) electrons. The molecule has 0 aromatic carbocycles. The van der Waals surface area contributed by atoms with Gasteiger partial charge in [0.05, 0.1) is 4.87 Å². The van der Waals surface area contributed by atoms with Crippen LogP contribution in [0.25, 0.3) is 0 Å². The average Bonchev–Trinajstić information content (AvgIpc) is 2.02. The lowest BCUT2D eigenvalue weighted by molar-refractivity contribution is -0.189. The highest BCUT2D eigenvalue weighted by molar-refractivity contribution is 6.33. The molecule has 0 bridgehead atoms. The molecule has 2 atom stereocenters. The summed E-state index contributed by atoms with van der Waals surface area (Å²) in [7, 11) is 0. The summed E-state index contributed by atoms with van der Waals surface area (Å²) in [5.41, 5.74) is -1.30. The molecule has 0 amide bonds. The Kier molecular flexibility index (Phi) is 2.29. The fraction of sp³-hybridized carbons (Fsp3) is 0.900. The van der Waals surface area contributed by atoms with Gasteiger partial charge in [-0.25, -0.2) is 0 Å². The third-order valence-corrected chi connectivity index (χ3v) is 4.34. The van der Waals surface area contributed by atoms with Crippen molar-refractivity contribution in [1.29, 1.82) is 0 Å². The van der Waals surface area contributed by atoms with Crippen LogP contribution in [0.1, 0.15) is 34.6 Å². The van der Waals surface area contributed by atoms with Gasteiger partial charge in [-0.3, -0.25) is 4.79 Å². The van der Waals surface area contributed by atoms with E-state index < -0.39 is 15.9 Å². The highest BCUT2D eigenvalue weighted by atomic mass is 35.5. The van der Waals surface area contributed by atoms with Crippen LogP contribution >= 0.6 is 11.6 Å². The predicted octanol–water partition coefficient (Wildman–Crippen LogP) is 2.39. The molecule has 1 fully saturated rings. The molecule has 76 valence electrons. The number of ether oxygens (including phenoxy) is 1. The summed E-state index contributed by atoms with van der Waals surface area (Å²) in [5, 5.41) is 0. The number of halogens is 1. The second-order valence-corrected chi connectivity index (χ2v) is 5.18. The Balaban J connectivity index is 3.00. The first-order chi connectivity index (χ1) is 5.72. The van der Waals surface area contributed by atoms with Gasteiger partial charge in [-0.05, 0) is 20.8 Å². The smallest absolute Gasteiger partial charge is 0.173 e. The number of hydrogen-bond acceptors (Lipinski definition) is 2. The zero-order valence-corrected chi connectivity index (χ0v) is 9.66. The van der Waals surface area contributed by atoms with Gasteiger partial charge in [0.15, 0.2) is 5.78 Å². The maximum atomic E-state index is 11.8. The van der Waals surface area contributed by atoms with Gasteiger partial charge in [0, 0.05) is 12.0 Å². The Morgan fingerprint density at radius 3 is 2.08 bits per heavy atom. The van der Waals surface area contributed by atoms with Crippen molar-refractivity contribution in [3.8, 4) is 0 Å². The lowest BCUT2D eigenvalue weighted by atomic mass is 9.52. The fourth-order valence-electron chi connectivity index (χ4n) is 2.05. The van der Waals surface area contributed by atoms with E-state index >= 15 is 0 Å². The topological polar surface area (TPSA) is 26.3 Å². The lowest BCUT2D eigenvalue weighted by Crippen LogP contribution is -2.76. The summed E-state index contributed by atoms with van der Waals surface area (Å²) < 4.78 is 5.45. The van der Waals surface area contributed by atoms with Gasteiger partial charge in [-0.2, -0.15) is 0 Å². The molecule has 0 saturated heterocycles. The van der Waals surface area contributed by atoms with Gasteiger partial charge >= 0.3 is 0 Å². The molecule has 1 aliphatic carbocycles. The Hall–Kier alpha value is -0.0800. The van der Waals surface area contributed by atoms with E-state index in [0.29, 0.717) is 6.61 Å². The maximum Gasteiger partial charge on any atom is 0.173 e. The first-order valence-electron chi connectivity index (χ1n) is 4.59. The van der Waals surface area contributed by atoms with Crippen LogP contribution in [0.3, 0.4) is 0 Å². The van der Waals surface area contributed by atoms with Crippen LogP contribution in [0.4, 0.5) is 0 Å². The molecule has 0 aromatic rings. The van der Waals surface area contributed by atoms with Crippen molar-refractivity contribution < 1.29 is 9.53 Å². The van der Waals surface area contributed by atoms with E-state index in [0.717, 1.165) is 0 Å². The van der Waals surface area contributed by atoms with E-state index in [9.17, 15) is 4.79 Å². The zero-order valence-electron chi connectivity index (χ0n) is 8.90. The first kappa shape index (κ1) is 11.0. The van der Waals surface area contributed by atoms with Gasteiger partial charge in [0.25, 0.3) is 0 Å². The zero-order chi connectivity index (χ0) is 10.5. The van der Waals surface area contributed by atoms with Crippen molar-refractivity contribution in [3.05, 3.63) is 0 Å². The molecule has 2 nitrogen and oxygen atoms in total. The van der Waals surface area contributed by atoms with Crippen LogP contribution in [0.2, 0.25) is 0 Å². The minimum absolute atomic E-state index is 0.0966. The van der Waals surface area contributed by atoms with Crippen LogP contribution in [0.5, 0.6) is 0 Å². The average molecular weight is 205 g/mol. The third kappa shape index (κ3) is 1.02. The summed E-state index contributed by atoms with van der Waals surface area (Å²) in [4.78, 5) is 11.2. The van der Waals surface area contributed by atoms with E-state index in [-0.39, 0.29) is 5.78 Å². The summed E-state index contributed by atoms with van der Waals surface area (Å²) in [5.74, 6) is 0.0966. The van der Waals surface area contributed by atoms with Gasteiger partial charge in [-0.1, -0.05) is 13.8 Å². The summed E-state index contributed by atoms with van der Waals surface area (Å²) in [6, 6.07) is 0. The van der Waals surface area contributed by atoms with Crippen LogP contribution in [-0.2, 0) is 9.53 Å². The second kappa shape index (κ2) is 2.71. The van der Waals surface area contributed by atoms with Gasteiger partial charge < -0.3 is 4.74 Å². The number of Topliss-reactive ketones (excluding diaryl/α,β-unsaturated/α-hetero) is 1. The number of carbonyl (C=O) groups is 1. The number of ketones is 1. The molecule has 0 unspecified atom stereocenters. The number of alkyl halides is 1. The minimum Gasteiger partial charge on any atom is -0.366 e. The minimum atomic E-state index is -0.813. The monoisotopic (exact) mass is 204 g/mol. The normalized spacial score (nSPS) is 43.1. The molecule has 0 spiro atoms. The SMILES string of the molecule is CCO[C@]1(C)C(=O)C(C)(C)[C@@]1(C)Cl. The summed E-state index contributed by atoms with van der Waals surface area (Å²) in [6.07, 6.45) is 0. The second-order valence-electron chi connectivity index (χ2n) is 4.42. The molecule has 1 rings (SSSR count). The largest absolute Gasteiger partial charge is 0.366 e. The molecule has 1 aliphatic rings. The molecule has 0 N–H and O–H groups in total.